The molecule has 1 spiro atoms. The van der Waals surface area contributed by atoms with Crippen molar-refractivity contribution in [1.82, 2.24) is 9.97 Å². The number of H-pyrrole nitrogens is 1. The monoisotopic (exact) mass is 369 g/mol. The standard InChI is InChI=1S/C25H27N3/c1-19-16-21-17-22(27-24(21)26-18-19)7-4-20-5-8-23(9-6-20)28-14-12-25(13-15-28)10-2-3-11-25/h5-6,8-9,16-18H,2-3,10-15H2,1H3,(H,26,27). The van der Waals surface area contributed by atoms with Gasteiger partial charge in [-0.3, -0.25) is 0 Å². The molecule has 2 aliphatic rings. The van der Waals surface area contributed by atoms with E-state index >= 15 is 0 Å². The van der Waals surface area contributed by atoms with Crippen LogP contribution in [0.5, 0.6) is 0 Å². The molecule has 142 valence electrons. The average Bonchev–Trinajstić information content (AvgIpc) is 3.34. The summed E-state index contributed by atoms with van der Waals surface area (Å²) in [6.45, 7) is 4.46. The van der Waals surface area contributed by atoms with Crippen LogP contribution in [0.25, 0.3) is 11.0 Å². The maximum Gasteiger partial charge on any atom is 0.138 e. The van der Waals surface area contributed by atoms with Crippen molar-refractivity contribution in [3.8, 4) is 11.8 Å². The number of benzene rings is 1. The van der Waals surface area contributed by atoms with Gasteiger partial charge in [-0.05, 0) is 85.9 Å². The maximum absolute atomic E-state index is 4.42. The van der Waals surface area contributed by atoms with Crippen molar-refractivity contribution in [2.75, 3.05) is 18.0 Å². The molecule has 2 aromatic heterocycles. The fourth-order valence-corrected chi connectivity index (χ4v) is 4.95. The van der Waals surface area contributed by atoms with Crippen molar-refractivity contribution in [3.05, 3.63) is 59.4 Å². The number of hydrogen-bond donors (Lipinski definition) is 1. The molecule has 3 heteroatoms. The third kappa shape index (κ3) is 3.40. The average molecular weight is 370 g/mol. The fourth-order valence-electron chi connectivity index (χ4n) is 4.95. The zero-order chi connectivity index (χ0) is 19.0. The van der Waals surface area contributed by atoms with E-state index in [1.54, 1.807) is 0 Å². The summed E-state index contributed by atoms with van der Waals surface area (Å²) in [6, 6.07) is 13.0. The normalized spacial score (nSPS) is 18.4. The molecule has 0 amide bonds. The van der Waals surface area contributed by atoms with Crippen LogP contribution in [-0.4, -0.2) is 23.1 Å². The van der Waals surface area contributed by atoms with Gasteiger partial charge in [0.05, 0.1) is 5.69 Å². The number of anilines is 1. The first-order chi connectivity index (χ1) is 13.7. The van der Waals surface area contributed by atoms with Gasteiger partial charge in [-0.15, -0.1) is 0 Å². The van der Waals surface area contributed by atoms with Crippen LogP contribution in [0.1, 0.15) is 55.3 Å². The Bertz CT molecular complexity index is 1030. The van der Waals surface area contributed by atoms with E-state index in [-0.39, 0.29) is 0 Å². The number of nitrogens with one attached hydrogen (secondary N) is 1. The molecule has 2 fully saturated rings. The van der Waals surface area contributed by atoms with E-state index in [0.717, 1.165) is 27.9 Å². The molecule has 0 unspecified atom stereocenters. The second-order valence-corrected chi connectivity index (χ2v) is 8.62. The lowest BCUT2D eigenvalue weighted by Gasteiger charge is -2.40. The minimum atomic E-state index is 0.675. The van der Waals surface area contributed by atoms with E-state index < -0.39 is 0 Å². The second kappa shape index (κ2) is 7.02. The van der Waals surface area contributed by atoms with Gasteiger partial charge in [0.25, 0.3) is 0 Å². The molecule has 0 atom stereocenters. The largest absolute Gasteiger partial charge is 0.371 e. The van der Waals surface area contributed by atoms with Crippen LogP contribution in [0.15, 0.2) is 42.6 Å². The topological polar surface area (TPSA) is 31.9 Å². The van der Waals surface area contributed by atoms with E-state index in [1.807, 2.05) is 6.20 Å². The zero-order valence-corrected chi connectivity index (χ0v) is 16.6. The van der Waals surface area contributed by atoms with Gasteiger partial charge in [0.2, 0.25) is 0 Å². The summed E-state index contributed by atoms with van der Waals surface area (Å²) in [5.41, 5.74) is 6.04. The molecular formula is C25H27N3. The Morgan fingerprint density at radius 3 is 2.46 bits per heavy atom. The van der Waals surface area contributed by atoms with E-state index in [9.17, 15) is 0 Å². The van der Waals surface area contributed by atoms with Crippen molar-refractivity contribution < 1.29 is 0 Å². The van der Waals surface area contributed by atoms with Crippen LogP contribution >= 0.6 is 0 Å². The van der Waals surface area contributed by atoms with E-state index in [2.05, 4.69) is 70.0 Å². The van der Waals surface area contributed by atoms with E-state index in [4.69, 9.17) is 0 Å². The highest BCUT2D eigenvalue weighted by Gasteiger charge is 2.36. The summed E-state index contributed by atoms with van der Waals surface area (Å²) in [7, 11) is 0. The Labute approximate surface area is 167 Å². The number of rotatable bonds is 1. The van der Waals surface area contributed by atoms with Crippen molar-refractivity contribution in [2.24, 2.45) is 5.41 Å². The van der Waals surface area contributed by atoms with Crippen LogP contribution in [0.2, 0.25) is 0 Å². The van der Waals surface area contributed by atoms with Crippen LogP contribution in [0.4, 0.5) is 5.69 Å². The van der Waals surface area contributed by atoms with Gasteiger partial charge in [0.15, 0.2) is 0 Å². The molecule has 5 rings (SSSR count). The van der Waals surface area contributed by atoms with Crippen molar-refractivity contribution in [2.45, 2.75) is 45.4 Å². The molecule has 1 saturated heterocycles. The Balaban J connectivity index is 1.27. The Kier molecular flexibility index (Phi) is 4.36. The molecule has 1 saturated carbocycles. The molecule has 1 aromatic carbocycles. The van der Waals surface area contributed by atoms with Gasteiger partial charge in [0.1, 0.15) is 5.65 Å². The smallest absolute Gasteiger partial charge is 0.138 e. The zero-order valence-electron chi connectivity index (χ0n) is 16.6. The second-order valence-electron chi connectivity index (χ2n) is 8.62. The number of pyridine rings is 1. The van der Waals surface area contributed by atoms with Crippen molar-refractivity contribution in [1.29, 1.82) is 0 Å². The van der Waals surface area contributed by atoms with Crippen LogP contribution < -0.4 is 4.90 Å². The Morgan fingerprint density at radius 2 is 1.71 bits per heavy atom. The molecule has 0 radical (unpaired) electrons. The summed E-state index contributed by atoms with van der Waals surface area (Å²) in [5, 5.41) is 1.12. The van der Waals surface area contributed by atoms with Crippen molar-refractivity contribution in [3.63, 3.8) is 0 Å². The number of nitrogens with zero attached hydrogens (tertiary/aromatic N) is 2. The van der Waals surface area contributed by atoms with Gasteiger partial charge >= 0.3 is 0 Å². The number of hydrogen-bond acceptors (Lipinski definition) is 2. The van der Waals surface area contributed by atoms with Gasteiger partial charge in [-0.2, -0.15) is 0 Å². The SMILES string of the molecule is Cc1cnc2[nH]c(C#Cc3ccc(N4CCC5(CCCC5)CC4)cc3)cc2c1. The lowest BCUT2D eigenvalue weighted by Crippen LogP contribution is -2.38. The molecule has 28 heavy (non-hydrogen) atoms. The number of fused-ring (bicyclic) bond motifs is 1. The number of aromatic nitrogens is 2. The highest BCUT2D eigenvalue weighted by Crippen LogP contribution is 2.46. The van der Waals surface area contributed by atoms with E-state index in [0.29, 0.717) is 5.41 Å². The van der Waals surface area contributed by atoms with Crippen molar-refractivity contribution >= 4 is 16.7 Å². The number of piperidine rings is 1. The summed E-state index contributed by atoms with van der Waals surface area (Å²) in [5.74, 6) is 6.52. The Hall–Kier alpha value is -2.73. The van der Waals surface area contributed by atoms with Gasteiger partial charge in [0, 0.05) is 35.9 Å². The quantitative estimate of drug-likeness (QED) is 0.580. The first-order valence-electron chi connectivity index (χ1n) is 10.5. The molecule has 1 N–H and O–H groups in total. The van der Waals surface area contributed by atoms with Gasteiger partial charge < -0.3 is 9.88 Å². The summed E-state index contributed by atoms with van der Waals surface area (Å²) < 4.78 is 0. The first-order valence-corrected chi connectivity index (χ1v) is 10.5. The highest BCUT2D eigenvalue weighted by atomic mass is 15.1. The minimum absolute atomic E-state index is 0.675. The van der Waals surface area contributed by atoms with Crippen LogP contribution in [-0.2, 0) is 0 Å². The Morgan fingerprint density at radius 1 is 0.964 bits per heavy atom. The summed E-state index contributed by atoms with van der Waals surface area (Å²) >= 11 is 0. The molecule has 3 aromatic rings. The molecule has 3 heterocycles. The third-order valence-electron chi connectivity index (χ3n) is 6.67. The summed E-state index contributed by atoms with van der Waals surface area (Å²) in [4.78, 5) is 10.3. The molecule has 1 aliphatic heterocycles. The maximum atomic E-state index is 4.42. The molecule has 1 aliphatic carbocycles. The fraction of sp³-hybridized carbons (Fsp3) is 0.400. The van der Waals surface area contributed by atoms with Crippen LogP contribution in [0.3, 0.4) is 0 Å². The molecular weight excluding hydrogens is 342 g/mol. The number of aromatic amines is 1. The van der Waals surface area contributed by atoms with E-state index in [1.165, 1.54) is 57.3 Å². The lowest BCUT2D eigenvalue weighted by molar-refractivity contribution is 0.226. The lowest BCUT2D eigenvalue weighted by atomic mass is 9.77. The molecule has 0 bridgehead atoms. The first kappa shape index (κ1) is 17.4. The molecule has 3 nitrogen and oxygen atoms in total. The minimum Gasteiger partial charge on any atom is -0.371 e. The van der Waals surface area contributed by atoms with Crippen LogP contribution in [0, 0.1) is 24.2 Å². The van der Waals surface area contributed by atoms with Gasteiger partial charge in [-0.25, -0.2) is 4.98 Å². The predicted octanol–water partition coefficient (Wildman–Crippen LogP) is 5.43. The number of aryl methyl sites for hydroxylation is 1. The van der Waals surface area contributed by atoms with Gasteiger partial charge in [-0.1, -0.05) is 18.8 Å². The predicted molar refractivity (Wildman–Crippen MR) is 116 cm³/mol. The third-order valence-corrected chi connectivity index (χ3v) is 6.67. The summed E-state index contributed by atoms with van der Waals surface area (Å²) in [6.07, 6.45) is 10.4. The highest BCUT2D eigenvalue weighted by molar-refractivity contribution is 5.78.